The van der Waals surface area contributed by atoms with E-state index in [1.54, 1.807) is 6.07 Å². The van der Waals surface area contributed by atoms with Crippen LogP contribution in [0, 0.1) is 0 Å². The van der Waals surface area contributed by atoms with Gasteiger partial charge in [0.2, 0.25) is 0 Å². The van der Waals surface area contributed by atoms with Crippen LogP contribution < -0.4 is 10.2 Å². The molecule has 22 heavy (non-hydrogen) atoms. The molecule has 0 aromatic heterocycles. The average molecular weight is 307 g/mol. The Balaban J connectivity index is 3.03. The summed E-state index contributed by atoms with van der Waals surface area (Å²) in [4.78, 5) is 27.4. The van der Waals surface area contributed by atoms with Gasteiger partial charge in [-0.1, -0.05) is 40.2 Å². The number of hydrogen-bond donors (Lipinski definition) is 1. The minimum Gasteiger partial charge on any atom is -0.493 e. The number of rotatable bonds is 5. The van der Waals surface area contributed by atoms with Gasteiger partial charge in [0, 0.05) is 6.92 Å². The summed E-state index contributed by atoms with van der Waals surface area (Å²) >= 11 is 0. The summed E-state index contributed by atoms with van der Waals surface area (Å²) in [7, 11) is 0. The Labute approximate surface area is 131 Å². The van der Waals surface area contributed by atoms with Crippen LogP contribution in [-0.2, 0) is 15.0 Å². The van der Waals surface area contributed by atoms with E-state index in [9.17, 15) is 9.59 Å². The van der Waals surface area contributed by atoms with Gasteiger partial charge in [-0.15, -0.1) is 0 Å². The normalized spacial score (nSPS) is 11.0. The molecule has 0 spiro atoms. The van der Waals surface area contributed by atoms with Gasteiger partial charge in [0.05, 0.1) is 12.2 Å². The number of hydroxylamine groups is 1. The fourth-order valence-corrected chi connectivity index (χ4v) is 1.80. The van der Waals surface area contributed by atoms with Crippen LogP contribution in [0.5, 0.6) is 5.75 Å². The van der Waals surface area contributed by atoms with Gasteiger partial charge in [-0.2, -0.15) is 5.48 Å². The van der Waals surface area contributed by atoms with Crippen molar-refractivity contribution in [3.8, 4) is 5.75 Å². The van der Waals surface area contributed by atoms with Crippen LogP contribution in [0.15, 0.2) is 18.2 Å². The number of hydrogen-bond acceptors (Lipinski definition) is 4. The maximum absolute atomic E-state index is 12.1. The van der Waals surface area contributed by atoms with Gasteiger partial charge in [-0.3, -0.25) is 9.59 Å². The Morgan fingerprint density at radius 2 is 1.91 bits per heavy atom. The second-order valence-corrected chi connectivity index (χ2v) is 6.19. The lowest BCUT2D eigenvalue weighted by Gasteiger charge is -2.21. The summed E-state index contributed by atoms with van der Waals surface area (Å²) in [5.74, 6) is -0.569. The third-order valence-electron chi connectivity index (χ3n) is 3.14. The van der Waals surface area contributed by atoms with Crippen molar-refractivity contribution in [2.45, 2.75) is 52.9 Å². The molecule has 122 valence electrons. The van der Waals surface area contributed by atoms with E-state index in [4.69, 9.17) is 4.74 Å². The Hall–Kier alpha value is -2.04. The summed E-state index contributed by atoms with van der Waals surface area (Å²) in [5.41, 5.74) is 3.50. The summed E-state index contributed by atoms with van der Waals surface area (Å²) in [6.45, 7) is 10.1. The van der Waals surface area contributed by atoms with E-state index >= 15 is 0 Å². The predicted octanol–water partition coefficient (Wildman–Crippen LogP) is 3.37. The second kappa shape index (κ2) is 7.82. The molecule has 0 atom stereocenters. The van der Waals surface area contributed by atoms with E-state index in [2.05, 4.69) is 38.0 Å². The number of carbonyl (C=O) groups excluding carboxylic acids is 2. The van der Waals surface area contributed by atoms with E-state index in [1.165, 1.54) is 6.92 Å². The van der Waals surface area contributed by atoms with Crippen LogP contribution in [0.2, 0.25) is 0 Å². The molecule has 5 heteroatoms. The molecular weight excluding hydrogens is 282 g/mol. The monoisotopic (exact) mass is 307 g/mol. The van der Waals surface area contributed by atoms with Gasteiger partial charge in [0.25, 0.3) is 5.91 Å². The summed E-state index contributed by atoms with van der Waals surface area (Å²) < 4.78 is 5.74. The van der Waals surface area contributed by atoms with Gasteiger partial charge in [0.15, 0.2) is 0 Å². The van der Waals surface area contributed by atoms with E-state index in [0.29, 0.717) is 17.9 Å². The number of nitrogens with one attached hydrogen (secondary N) is 1. The molecule has 0 heterocycles. The van der Waals surface area contributed by atoms with Crippen molar-refractivity contribution < 1.29 is 19.2 Å². The van der Waals surface area contributed by atoms with Crippen molar-refractivity contribution in [3.63, 3.8) is 0 Å². The third kappa shape index (κ3) is 5.39. The minimum absolute atomic E-state index is 0.0479. The van der Waals surface area contributed by atoms with Crippen molar-refractivity contribution in [2.24, 2.45) is 0 Å². The highest BCUT2D eigenvalue weighted by atomic mass is 16.7. The largest absolute Gasteiger partial charge is 0.493 e. The molecular formula is C17H25NO4. The Bertz CT molecular complexity index is 532. The topological polar surface area (TPSA) is 64.6 Å². The fraction of sp³-hybridized carbons (Fsp3) is 0.529. The average Bonchev–Trinajstić information content (AvgIpc) is 2.44. The third-order valence-corrected chi connectivity index (χ3v) is 3.14. The molecule has 0 bridgehead atoms. The SMILES string of the molecule is CCCCOc1cc(C(C)(C)C)ccc1C(=O)NOC(C)=O. The van der Waals surface area contributed by atoms with E-state index < -0.39 is 11.9 Å². The zero-order chi connectivity index (χ0) is 16.8. The van der Waals surface area contributed by atoms with E-state index in [1.807, 2.05) is 12.1 Å². The molecule has 0 aliphatic heterocycles. The van der Waals surface area contributed by atoms with Crippen molar-refractivity contribution in [2.75, 3.05) is 6.61 Å². The predicted molar refractivity (Wildman–Crippen MR) is 84.8 cm³/mol. The van der Waals surface area contributed by atoms with E-state index in [0.717, 1.165) is 18.4 Å². The Morgan fingerprint density at radius 3 is 2.45 bits per heavy atom. The number of carbonyl (C=O) groups is 2. The van der Waals surface area contributed by atoms with Gasteiger partial charge < -0.3 is 9.57 Å². The summed E-state index contributed by atoms with van der Waals surface area (Å²) in [5, 5.41) is 0. The molecule has 1 rings (SSSR count). The van der Waals surface area contributed by atoms with Crippen LogP contribution in [0.1, 0.15) is 63.4 Å². The standard InChI is InChI=1S/C17H25NO4/c1-6-7-10-21-15-11-13(17(3,4)5)8-9-14(15)16(20)18-22-12(2)19/h8-9,11H,6-7,10H2,1-5H3,(H,18,20). The highest BCUT2D eigenvalue weighted by molar-refractivity contribution is 5.96. The zero-order valence-electron chi connectivity index (χ0n) is 14.0. The van der Waals surface area contributed by atoms with Gasteiger partial charge >= 0.3 is 5.97 Å². The van der Waals surface area contributed by atoms with Crippen LogP contribution >= 0.6 is 0 Å². The van der Waals surface area contributed by atoms with Crippen molar-refractivity contribution >= 4 is 11.9 Å². The first kappa shape index (κ1) is 18.0. The first-order valence-corrected chi connectivity index (χ1v) is 7.50. The molecule has 0 radical (unpaired) electrons. The van der Waals surface area contributed by atoms with Crippen molar-refractivity contribution in [1.29, 1.82) is 0 Å². The van der Waals surface area contributed by atoms with Gasteiger partial charge in [-0.05, 0) is 29.5 Å². The molecule has 0 saturated heterocycles. The molecule has 5 nitrogen and oxygen atoms in total. The maximum atomic E-state index is 12.1. The van der Waals surface area contributed by atoms with Crippen LogP contribution in [0.4, 0.5) is 0 Å². The lowest BCUT2D eigenvalue weighted by Crippen LogP contribution is -2.26. The highest BCUT2D eigenvalue weighted by Crippen LogP contribution is 2.29. The molecule has 1 aromatic rings. The second-order valence-electron chi connectivity index (χ2n) is 6.19. The first-order chi connectivity index (χ1) is 10.3. The van der Waals surface area contributed by atoms with Gasteiger partial charge in [0.1, 0.15) is 5.75 Å². The lowest BCUT2D eigenvalue weighted by molar-refractivity contribution is -0.146. The van der Waals surface area contributed by atoms with Crippen LogP contribution in [-0.4, -0.2) is 18.5 Å². The summed E-state index contributed by atoms with van der Waals surface area (Å²) in [6.07, 6.45) is 1.92. The molecule has 0 aliphatic carbocycles. The van der Waals surface area contributed by atoms with Crippen molar-refractivity contribution in [3.05, 3.63) is 29.3 Å². The molecule has 1 amide bonds. The van der Waals surface area contributed by atoms with E-state index in [-0.39, 0.29) is 5.41 Å². The summed E-state index contributed by atoms with van der Waals surface area (Å²) in [6, 6.07) is 5.45. The molecule has 0 fully saturated rings. The Morgan fingerprint density at radius 1 is 1.23 bits per heavy atom. The molecule has 1 N–H and O–H groups in total. The first-order valence-electron chi connectivity index (χ1n) is 7.50. The number of benzene rings is 1. The van der Waals surface area contributed by atoms with Crippen LogP contribution in [0.25, 0.3) is 0 Å². The number of unbranched alkanes of at least 4 members (excludes halogenated alkanes) is 1. The highest BCUT2D eigenvalue weighted by Gasteiger charge is 2.19. The lowest BCUT2D eigenvalue weighted by atomic mass is 9.86. The number of amides is 1. The minimum atomic E-state index is -0.576. The molecule has 0 aliphatic rings. The maximum Gasteiger partial charge on any atom is 0.329 e. The molecule has 1 aromatic carbocycles. The smallest absolute Gasteiger partial charge is 0.329 e. The Kier molecular flexibility index (Phi) is 6.40. The number of ether oxygens (including phenoxy) is 1. The van der Waals surface area contributed by atoms with Gasteiger partial charge in [-0.25, -0.2) is 0 Å². The van der Waals surface area contributed by atoms with Crippen molar-refractivity contribution in [1.82, 2.24) is 5.48 Å². The van der Waals surface area contributed by atoms with Crippen LogP contribution in [0.3, 0.4) is 0 Å². The fourth-order valence-electron chi connectivity index (χ4n) is 1.80. The zero-order valence-corrected chi connectivity index (χ0v) is 14.0. The molecule has 0 unspecified atom stereocenters. The molecule has 0 saturated carbocycles. The quantitative estimate of drug-likeness (QED) is 0.669.